The zero-order valence-corrected chi connectivity index (χ0v) is 16.0. The summed E-state index contributed by atoms with van der Waals surface area (Å²) >= 11 is 11.8. The van der Waals surface area contributed by atoms with Gasteiger partial charge >= 0.3 is 0 Å². The first-order valence-corrected chi connectivity index (χ1v) is 9.94. The summed E-state index contributed by atoms with van der Waals surface area (Å²) in [6.07, 6.45) is 4.64. The molecule has 1 aromatic rings. The second kappa shape index (κ2) is 7.64. The highest BCUT2D eigenvalue weighted by molar-refractivity contribution is 7.89. The topological polar surface area (TPSA) is 72.2 Å². The molecule has 3 rings (SSSR count). The highest BCUT2D eigenvalue weighted by Crippen LogP contribution is 2.41. The molecule has 0 radical (unpaired) electrons. The van der Waals surface area contributed by atoms with Crippen LogP contribution in [0.5, 0.6) is 0 Å². The molecule has 0 aromatic heterocycles. The van der Waals surface area contributed by atoms with Gasteiger partial charge in [-0.05, 0) is 49.7 Å². The standard InChI is InChI=1S/C15H19Cl2FN2O2S.ClH/c16-12-6-10(18)7-13(17)15(12)23(21,22)20-14-8-2-1-3-9(14)5-11(19)4-8;/h6-9,11,14,20H,1-5,19H2;1H. The van der Waals surface area contributed by atoms with Crippen molar-refractivity contribution < 1.29 is 12.8 Å². The predicted octanol–water partition coefficient (Wildman–Crippen LogP) is 3.74. The number of nitrogens with two attached hydrogens (primary N) is 1. The van der Waals surface area contributed by atoms with E-state index in [9.17, 15) is 12.8 Å². The predicted molar refractivity (Wildman–Crippen MR) is 95.8 cm³/mol. The van der Waals surface area contributed by atoms with E-state index < -0.39 is 15.8 Å². The number of hydrogen-bond donors (Lipinski definition) is 2. The van der Waals surface area contributed by atoms with Crippen molar-refractivity contribution in [2.24, 2.45) is 17.6 Å². The van der Waals surface area contributed by atoms with Crippen LogP contribution in [0.25, 0.3) is 0 Å². The zero-order valence-electron chi connectivity index (χ0n) is 12.8. The van der Waals surface area contributed by atoms with Gasteiger partial charge in [-0.1, -0.05) is 29.6 Å². The molecule has 0 saturated heterocycles. The van der Waals surface area contributed by atoms with Gasteiger partial charge in [0.15, 0.2) is 0 Å². The molecule has 2 unspecified atom stereocenters. The van der Waals surface area contributed by atoms with Crippen LogP contribution in [0.1, 0.15) is 32.1 Å². The molecule has 136 valence electrons. The van der Waals surface area contributed by atoms with Gasteiger partial charge in [0.25, 0.3) is 0 Å². The van der Waals surface area contributed by atoms with Crippen LogP contribution < -0.4 is 10.5 Å². The van der Waals surface area contributed by atoms with Crippen LogP contribution in [0.15, 0.2) is 17.0 Å². The lowest BCUT2D eigenvalue weighted by Crippen LogP contribution is -2.53. The van der Waals surface area contributed by atoms with Gasteiger partial charge in [0, 0.05) is 12.1 Å². The molecule has 2 atom stereocenters. The Balaban J connectivity index is 0.00000208. The Hall–Kier alpha value is -0.110. The molecule has 1 aromatic carbocycles. The third kappa shape index (κ3) is 4.00. The molecule has 0 aliphatic heterocycles. The fourth-order valence-electron chi connectivity index (χ4n) is 4.01. The van der Waals surface area contributed by atoms with Crippen LogP contribution in [0.2, 0.25) is 10.0 Å². The van der Waals surface area contributed by atoms with Crippen molar-refractivity contribution in [3.63, 3.8) is 0 Å². The molecule has 4 nitrogen and oxygen atoms in total. The fourth-order valence-corrected chi connectivity index (χ4v) is 6.57. The lowest BCUT2D eigenvalue weighted by molar-refractivity contribution is 0.125. The largest absolute Gasteiger partial charge is 0.328 e. The van der Waals surface area contributed by atoms with E-state index in [1.54, 1.807) is 0 Å². The Bertz CT molecular complexity index is 680. The van der Waals surface area contributed by atoms with Crippen molar-refractivity contribution >= 4 is 45.6 Å². The van der Waals surface area contributed by atoms with Gasteiger partial charge < -0.3 is 5.73 Å². The molecule has 0 heterocycles. The van der Waals surface area contributed by atoms with Gasteiger partial charge in [0.2, 0.25) is 10.0 Å². The number of fused-ring (bicyclic) bond motifs is 2. The molecule has 2 saturated carbocycles. The van der Waals surface area contributed by atoms with E-state index >= 15 is 0 Å². The third-order valence-electron chi connectivity index (χ3n) is 4.90. The molecule has 24 heavy (non-hydrogen) atoms. The molecule has 2 fully saturated rings. The summed E-state index contributed by atoms with van der Waals surface area (Å²) in [4.78, 5) is -0.254. The first-order chi connectivity index (χ1) is 10.8. The minimum Gasteiger partial charge on any atom is -0.328 e. The van der Waals surface area contributed by atoms with E-state index in [2.05, 4.69) is 4.72 Å². The quantitative estimate of drug-likeness (QED) is 0.787. The maximum atomic E-state index is 13.3. The number of rotatable bonds is 3. The highest BCUT2D eigenvalue weighted by atomic mass is 35.5. The zero-order chi connectivity index (χ0) is 16.8. The van der Waals surface area contributed by atoms with Gasteiger partial charge in [-0.25, -0.2) is 17.5 Å². The van der Waals surface area contributed by atoms with Crippen LogP contribution in [0, 0.1) is 17.7 Å². The van der Waals surface area contributed by atoms with Gasteiger partial charge in [-0.15, -0.1) is 12.4 Å². The SMILES string of the molecule is Cl.NC1CC2CCCC(C1)C2NS(=O)(=O)c1c(Cl)cc(F)cc1Cl. The molecule has 3 N–H and O–H groups in total. The van der Waals surface area contributed by atoms with Crippen molar-refractivity contribution in [2.75, 3.05) is 0 Å². The lowest BCUT2D eigenvalue weighted by atomic mass is 9.67. The summed E-state index contributed by atoms with van der Waals surface area (Å²) in [5.74, 6) is -0.213. The van der Waals surface area contributed by atoms with E-state index in [0.29, 0.717) is 0 Å². The van der Waals surface area contributed by atoms with E-state index in [0.717, 1.165) is 44.2 Å². The summed E-state index contributed by atoms with van der Waals surface area (Å²) < 4.78 is 41.5. The summed E-state index contributed by atoms with van der Waals surface area (Å²) in [6.45, 7) is 0. The molecule has 2 aliphatic rings. The summed E-state index contributed by atoms with van der Waals surface area (Å²) in [5.41, 5.74) is 6.07. The number of benzene rings is 1. The maximum Gasteiger partial charge on any atom is 0.243 e. The van der Waals surface area contributed by atoms with Gasteiger partial charge in [0.1, 0.15) is 10.7 Å². The smallest absolute Gasteiger partial charge is 0.243 e. The van der Waals surface area contributed by atoms with Crippen molar-refractivity contribution in [3.8, 4) is 0 Å². The van der Waals surface area contributed by atoms with Crippen molar-refractivity contribution in [1.29, 1.82) is 0 Å². The number of hydrogen-bond acceptors (Lipinski definition) is 3. The molecule has 0 spiro atoms. The summed E-state index contributed by atoms with van der Waals surface area (Å²) in [5, 5.41) is -0.416. The second-order valence-electron chi connectivity index (χ2n) is 6.53. The Morgan fingerprint density at radius 3 is 2.12 bits per heavy atom. The molecular formula is C15H20Cl3FN2O2S. The maximum absolute atomic E-state index is 13.3. The highest BCUT2D eigenvalue weighted by Gasteiger charge is 2.41. The molecule has 2 aliphatic carbocycles. The normalized spacial score (nSPS) is 29.8. The average molecular weight is 418 g/mol. The van der Waals surface area contributed by atoms with Crippen molar-refractivity contribution in [1.82, 2.24) is 4.72 Å². The van der Waals surface area contributed by atoms with Gasteiger partial charge in [0.05, 0.1) is 10.0 Å². The van der Waals surface area contributed by atoms with Crippen LogP contribution in [0.3, 0.4) is 0 Å². The van der Waals surface area contributed by atoms with Gasteiger partial charge in [-0.2, -0.15) is 0 Å². The monoisotopic (exact) mass is 416 g/mol. The second-order valence-corrected chi connectivity index (χ2v) is 8.99. The molecule has 0 amide bonds. The van der Waals surface area contributed by atoms with E-state index in [4.69, 9.17) is 28.9 Å². The van der Waals surface area contributed by atoms with Crippen LogP contribution in [0.4, 0.5) is 4.39 Å². The van der Waals surface area contributed by atoms with Crippen LogP contribution in [-0.2, 0) is 10.0 Å². The number of nitrogens with one attached hydrogen (secondary N) is 1. The fraction of sp³-hybridized carbons (Fsp3) is 0.600. The Morgan fingerprint density at radius 2 is 1.62 bits per heavy atom. The molecule has 2 bridgehead atoms. The Kier molecular flexibility index (Phi) is 6.43. The third-order valence-corrected chi connectivity index (χ3v) is 7.28. The van der Waals surface area contributed by atoms with E-state index in [1.165, 1.54) is 0 Å². The van der Waals surface area contributed by atoms with Crippen molar-refractivity contribution in [2.45, 2.75) is 49.1 Å². The molecular weight excluding hydrogens is 398 g/mol. The minimum atomic E-state index is -3.92. The Morgan fingerprint density at radius 1 is 1.12 bits per heavy atom. The summed E-state index contributed by atoms with van der Waals surface area (Å²) in [6, 6.07) is 1.88. The van der Waals surface area contributed by atoms with E-state index in [1.807, 2.05) is 0 Å². The van der Waals surface area contributed by atoms with Crippen LogP contribution in [-0.4, -0.2) is 20.5 Å². The van der Waals surface area contributed by atoms with Gasteiger partial charge in [-0.3, -0.25) is 0 Å². The Labute approximate surface area is 157 Å². The van der Waals surface area contributed by atoms with E-state index in [-0.39, 0.29) is 51.3 Å². The minimum absolute atomic E-state index is 0. The first-order valence-electron chi connectivity index (χ1n) is 7.70. The first kappa shape index (κ1) is 20.2. The molecule has 9 heteroatoms. The number of halogens is 4. The number of sulfonamides is 1. The summed E-state index contributed by atoms with van der Waals surface area (Å²) in [7, 11) is -3.92. The van der Waals surface area contributed by atoms with Crippen LogP contribution >= 0.6 is 35.6 Å². The van der Waals surface area contributed by atoms with Crippen molar-refractivity contribution in [3.05, 3.63) is 28.0 Å². The lowest BCUT2D eigenvalue weighted by Gasteiger charge is -2.45. The average Bonchev–Trinajstić information content (AvgIpc) is 2.37.